The Bertz CT molecular complexity index is 802. The zero-order valence-electron chi connectivity index (χ0n) is 15.1. The molecule has 10 heteroatoms. The zero-order valence-corrected chi connectivity index (χ0v) is 24.7. The van der Waals surface area contributed by atoms with E-state index in [0.29, 0.717) is 32.0 Å². The SMILES string of the molecule is CCCCC1=C(Br)C2(OC1=O)C(Br)(Br)C1(CCCC)C(=O)OC(=C(Br)Br)C12Br. The van der Waals surface area contributed by atoms with Crippen LogP contribution in [0.5, 0.6) is 0 Å². The van der Waals surface area contributed by atoms with Crippen LogP contribution >= 0.6 is 95.6 Å². The molecule has 0 bridgehead atoms. The lowest BCUT2D eigenvalue weighted by molar-refractivity contribution is -0.179. The Hall–Kier alpha value is 1.30. The number of esters is 2. The predicted octanol–water partition coefficient (Wildman–Crippen LogP) is 7.45. The number of cyclic esters (lactones) is 1. The highest BCUT2D eigenvalue weighted by molar-refractivity contribution is 9.28. The Kier molecular flexibility index (Phi) is 6.86. The van der Waals surface area contributed by atoms with E-state index in [1.165, 1.54) is 0 Å². The maximum atomic E-state index is 13.2. The lowest BCUT2D eigenvalue weighted by Crippen LogP contribution is -2.85. The van der Waals surface area contributed by atoms with E-state index in [9.17, 15) is 9.59 Å². The van der Waals surface area contributed by atoms with Gasteiger partial charge in [0, 0.05) is 0 Å². The zero-order chi connectivity index (χ0) is 21.1. The fourth-order valence-corrected chi connectivity index (χ4v) is 12.6. The lowest BCUT2D eigenvalue weighted by atomic mass is 9.49. The largest absolute Gasteiger partial charge is 0.446 e. The molecule has 3 rings (SSSR count). The number of rotatable bonds is 6. The molecule has 1 aliphatic carbocycles. The van der Waals surface area contributed by atoms with Gasteiger partial charge in [-0.25, -0.2) is 4.79 Å². The van der Waals surface area contributed by atoms with Crippen molar-refractivity contribution in [3.05, 3.63) is 19.2 Å². The van der Waals surface area contributed by atoms with E-state index in [0.717, 1.165) is 25.7 Å². The van der Waals surface area contributed by atoms with E-state index in [1.54, 1.807) is 0 Å². The van der Waals surface area contributed by atoms with E-state index in [2.05, 4.69) is 109 Å². The first kappa shape index (κ1) is 24.0. The molecule has 2 heterocycles. The molecule has 156 valence electrons. The van der Waals surface area contributed by atoms with Crippen LogP contribution in [-0.2, 0) is 19.1 Å². The average molecular weight is 778 g/mol. The third-order valence-corrected chi connectivity index (χ3v) is 11.7. The van der Waals surface area contributed by atoms with Gasteiger partial charge in [-0.3, -0.25) is 4.79 Å². The van der Waals surface area contributed by atoms with Gasteiger partial charge in [-0.15, -0.1) is 0 Å². The number of alkyl halides is 3. The Morgan fingerprint density at radius 2 is 1.64 bits per heavy atom. The summed E-state index contributed by atoms with van der Waals surface area (Å²) in [6, 6.07) is 0. The molecule has 0 N–H and O–H groups in total. The second-order valence-electron chi connectivity index (χ2n) is 7.19. The van der Waals surface area contributed by atoms with Crippen LogP contribution in [0.4, 0.5) is 0 Å². The fraction of sp³-hybridized carbons (Fsp3) is 0.667. The average Bonchev–Trinajstić information content (AvgIpc) is 3.01. The highest BCUT2D eigenvalue weighted by Crippen LogP contribution is 2.85. The molecule has 0 aromatic rings. The third-order valence-electron chi connectivity index (χ3n) is 5.83. The molecule has 0 aromatic heterocycles. The number of hydrogen-bond donors (Lipinski definition) is 0. The molecule has 1 saturated carbocycles. The molecule has 3 atom stereocenters. The highest BCUT2D eigenvalue weighted by Gasteiger charge is 2.97. The summed E-state index contributed by atoms with van der Waals surface area (Å²) < 4.78 is 10.8. The summed E-state index contributed by atoms with van der Waals surface area (Å²) in [4.78, 5) is 26.1. The molecule has 0 amide bonds. The first-order valence-electron chi connectivity index (χ1n) is 8.98. The van der Waals surface area contributed by atoms with Gasteiger partial charge < -0.3 is 9.47 Å². The van der Waals surface area contributed by atoms with Gasteiger partial charge in [0.1, 0.15) is 12.0 Å². The summed E-state index contributed by atoms with van der Waals surface area (Å²) in [7, 11) is 0. The minimum Gasteiger partial charge on any atom is -0.446 e. The van der Waals surface area contributed by atoms with Crippen LogP contribution in [0.25, 0.3) is 0 Å². The first-order valence-corrected chi connectivity index (χ1v) is 13.7. The van der Waals surface area contributed by atoms with Gasteiger partial charge in [-0.05, 0) is 51.1 Å². The fourth-order valence-electron chi connectivity index (χ4n) is 4.42. The summed E-state index contributed by atoms with van der Waals surface area (Å²) in [6.07, 6.45) is 4.69. The minimum atomic E-state index is -1.22. The number of fused-ring (bicyclic) bond motifs is 2. The Morgan fingerprint density at radius 3 is 2.18 bits per heavy atom. The summed E-state index contributed by atoms with van der Waals surface area (Å²) in [5.74, 6) is -0.387. The summed E-state index contributed by atoms with van der Waals surface area (Å²) in [5.41, 5.74) is -1.64. The van der Waals surface area contributed by atoms with Gasteiger partial charge in [0.15, 0.2) is 15.7 Å². The van der Waals surface area contributed by atoms with Crippen molar-refractivity contribution in [1.82, 2.24) is 0 Å². The van der Waals surface area contributed by atoms with Gasteiger partial charge >= 0.3 is 11.9 Å². The van der Waals surface area contributed by atoms with Crippen molar-refractivity contribution in [2.75, 3.05) is 0 Å². The van der Waals surface area contributed by atoms with E-state index in [-0.39, 0.29) is 11.9 Å². The molecular weight excluding hydrogens is 760 g/mol. The Morgan fingerprint density at radius 1 is 1.04 bits per heavy atom. The lowest BCUT2D eigenvalue weighted by Gasteiger charge is -2.68. The standard InChI is InChI=1S/C18H18Br6O4/c1-3-5-7-9-10(19)17(28-13(9)25)16(22)11(12(20)21)27-14(26)15(16,8-6-4-2)18(17,23)24/h3-8H2,1-2H3. The van der Waals surface area contributed by atoms with Crippen molar-refractivity contribution >= 4 is 108 Å². The summed E-state index contributed by atoms with van der Waals surface area (Å²) in [6.45, 7) is 4.14. The van der Waals surface area contributed by atoms with E-state index in [4.69, 9.17) is 9.47 Å². The second-order valence-corrected chi connectivity index (χ2v) is 15.3. The van der Waals surface area contributed by atoms with Gasteiger partial charge in [0.05, 0.1) is 10.1 Å². The van der Waals surface area contributed by atoms with Gasteiger partial charge in [0.2, 0.25) is 0 Å². The molecule has 28 heavy (non-hydrogen) atoms. The smallest absolute Gasteiger partial charge is 0.336 e. The molecule has 0 radical (unpaired) electrons. The van der Waals surface area contributed by atoms with Crippen molar-refractivity contribution in [2.24, 2.45) is 5.41 Å². The van der Waals surface area contributed by atoms with E-state index >= 15 is 0 Å². The van der Waals surface area contributed by atoms with E-state index in [1.807, 2.05) is 0 Å². The molecule has 1 spiro atoms. The van der Waals surface area contributed by atoms with Crippen LogP contribution in [0.3, 0.4) is 0 Å². The number of carbonyl (C=O) groups is 2. The van der Waals surface area contributed by atoms with Crippen LogP contribution in [-0.4, -0.2) is 25.1 Å². The normalized spacial score (nSPS) is 35.8. The molecular formula is C18H18Br6O4. The Balaban J connectivity index is 2.27. The molecule has 1 saturated heterocycles. The van der Waals surface area contributed by atoms with Gasteiger partial charge in [0.25, 0.3) is 0 Å². The van der Waals surface area contributed by atoms with Gasteiger partial charge in [-0.1, -0.05) is 96.8 Å². The van der Waals surface area contributed by atoms with Crippen molar-refractivity contribution in [3.8, 4) is 0 Å². The number of unbranched alkanes of at least 4 members (excludes halogenated alkanes) is 2. The van der Waals surface area contributed by atoms with Crippen LogP contribution in [0.1, 0.15) is 52.4 Å². The number of halogens is 6. The van der Waals surface area contributed by atoms with Gasteiger partial charge in [-0.2, -0.15) is 0 Å². The van der Waals surface area contributed by atoms with Crippen molar-refractivity contribution in [2.45, 2.75) is 65.5 Å². The highest BCUT2D eigenvalue weighted by atomic mass is 79.9. The predicted molar refractivity (Wildman–Crippen MR) is 129 cm³/mol. The molecule has 3 aliphatic rings. The number of carbonyl (C=O) groups excluding carboxylic acids is 2. The quantitative estimate of drug-likeness (QED) is 0.208. The molecule has 4 nitrogen and oxygen atoms in total. The van der Waals surface area contributed by atoms with Crippen molar-refractivity contribution in [3.63, 3.8) is 0 Å². The van der Waals surface area contributed by atoms with Crippen LogP contribution in [0, 0.1) is 5.41 Å². The second kappa shape index (κ2) is 8.01. The maximum Gasteiger partial charge on any atom is 0.336 e. The van der Waals surface area contributed by atoms with Crippen molar-refractivity contribution in [1.29, 1.82) is 0 Å². The van der Waals surface area contributed by atoms with Crippen LogP contribution in [0.2, 0.25) is 0 Å². The molecule has 3 unspecified atom stereocenters. The summed E-state index contributed by atoms with van der Waals surface area (Å²) in [5, 5.41) is 0. The van der Waals surface area contributed by atoms with Crippen LogP contribution in [0.15, 0.2) is 19.2 Å². The summed E-state index contributed by atoms with van der Waals surface area (Å²) >= 11 is 21.8. The van der Waals surface area contributed by atoms with Crippen LogP contribution < -0.4 is 0 Å². The minimum absolute atomic E-state index is 0.365. The van der Waals surface area contributed by atoms with E-state index < -0.39 is 18.6 Å². The van der Waals surface area contributed by atoms with Crippen molar-refractivity contribution < 1.29 is 19.1 Å². The number of hydrogen-bond acceptors (Lipinski definition) is 4. The topological polar surface area (TPSA) is 52.6 Å². The Labute approximate surface area is 214 Å². The number of ether oxygens (including phenoxy) is 2. The monoisotopic (exact) mass is 772 g/mol. The first-order chi connectivity index (χ1) is 13.0. The maximum absolute atomic E-state index is 13.2. The molecule has 2 aliphatic heterocycles. The molecule has 2 fully saturated rings. The molecule has 0 aromatic carbocycles. The third kappa shape index (κ3) is 2.60.